The quantitative estimate of drug-likeness (QED) is 0.929. The van der Waals surface area contributed by atoms with Gasteiger partial charge in [-0.3, -0.25) is 0 Å². The van der Waals surface area contributed by atoms with Gasteiger partial charge in [-0.2, -0.15) is 18.3 Å². The van der Waals surface area contributed by atoms with Crippen molar-refractivity contribution in [1.82, 2.24) is 15.1 Å². The number of nitrogens with zero attached hydrogens (tertiary/aromatic N) is 2. The summed E-state index contributed by atoms with van der Waals surface area (Å²) in [5.74, 6) is 0. The average Bonchev–Trinajstić information content (AvgIpc) is 2.88. The number of hydrogen-bond donors (Lipinski definition) is 1. The van der Waals surface area contributed by atoms with Gasteiger partial charge in [0.2, 0.25) is 0 Å². The van der Waals surface area contributed by atoms with Gasteiger partial charge in [-0.25, -0.2) is 4.68 Å². The molecule has 6 heteroatoms. The summed E-state index contributed by atoms with van der Waals surface area (Å²) in [4.78, 5) is 0. The Labute approximate surface area is 115 Å². The van der Waals surface area contributed by atoms with Crippen molar-refractivity contribution >= 4 is 0 Å². The average molecular weight is 283 g/mol. The Morgan fingerprint density at radius 3 is 2.60 bits per heavy atom. The van der Waals surface area contributed by atoms with E-state index in [2.05, 4.69) is 10.4 Å². The number of hydrogen-bond acceptors (Lipinski definition) is 2. The van der Waals surface area contributed by atoms with Gasteiger partial charge in [0.1, 0.15) is 0 Å². The van der Waals surface area contributed by atoms with Crippen molar-refractivity contribution in [3.63, 3.8) is 0 Å². The monoisotopic (exact) mass is 283 g/mol. The van der Waals surface area contributed by atoms with E-state index in [0.29, 0.717) is 5.69 Å². The van der Waals surface area contributed by atoms with Crippen LogP contribution in [0.15, 0.2) is 36.7 Å². The zero-order valence-electron chi connectivity index (χ0n) is 11.3. The van der Waals surface area contributed by atoms with E-state index in [-0.39, 0.29) is 6.04 Å². The van der Waals surface area contributed by atoms with Crippen molar-refractivity contribution in [2.24, 2.45) is 0 Å². The van der Waals surface area contributed by atoms with Gasteiger partial charge >= 0.3 is 6.18 Å². The largest absolute Gasteiger partial charge is 0.419 e. The summed E-state index contributed by atoms with van der Waals surface area (Å²) in [6, 6.07) is 7.33. The van der Waals surface area contributed by atoms with E-state index in [0.717, 1.165) is 24.5 Å². The van der Waals surface area contributed by atoms with Crippen LogP contribution in [0.3, 0.4) is 0 Å². The van der Waals surface area contributed by atoms with Crippen LogP contribution in [-0.4, -0.2) is 16.3 Å². The summed E-state index contributed by atoms with van der Waals surface area (Å²) in [7, 11) is 0. The third kappa shape index (κ3) is 3.01. The lowest BCUT2D eigenvalue weighted by molar-refractivity contribution is -0.137. The molecule has 108 valence electrons. The van der Waals surface area contributed by atoms with E-state index in [1.807, 2.05) is 26.0 Å². The molecule has 3 nitrogen and oxygen atoms in total. The molecule has 1 aromatic carbocycles. The third-order valence-corrected chi connectivity index (χ3v) is 3.07. The highest BCUT2D eigenvalue weighted by Gasteiger charge is 2.32. The Bertz CT molecular complexity index is 575. The molecule has 2 rings (SSSR count). The van der Waals surface area contributed by atoms with Crippen LogP contribution in [0.1, 0.15) is 31.0 Å². The van der Waals surface area contributed by atoms with Crippen LogP contribution in [0, 0.1) is 0 Å². The minimum atomic E-state index is -4.37. The molecule has 1 atom stereocenters. The molecule has 2 aromatic rings. The Balaban J connectivity index is 2.40. The fraction of sp³-hybridized carbons (Fsp3) is 0.357. The zero-order valence-corrected chi connectivity index (χ0v) is 11.3. The van der Waals surface area contributed by atoms with Gasteiger partial charge in [-0.1, -0.05) is 25.1 Å². The summed E-state index contributed by atoms with van der Waals surface area (Å²) in [6.07, 6.45) is -2.52. The predicted octanol–water partition coefficient (Wildman–Crippen LogP) is 3.56. The highest BCUT2D eigenvalue weighted by Crippen LogP contribution is 2.30. The number of nitrogens with one attached hydrogen (secondary N) is 1. The topological polar surface area (TPSA) is 29.9 Å². The molecule has 0 aliphatic rings. The van der Waals surface area contributed by atoms with Gasteiger partial charge in [0.15, 0.2) is 0 Å². The number of halogens is 3. The summed E-state index contributed by atoms with van der Waals surface area (Å²) in [6.45, 7) is 4.73. The molecule has 1 heterocycles. The van der Waals surface area contributed by atoms with Gasteiger partial charge in [0, 0.05) is 12.2 Å². The SMILES string of the molecule is CCNC(C)c1ccccc1-n1cc(C(F)(F)F)cn1. The van der Waals surface area contributed by atoms with Gasteiger partial charge in [0.05, 0.1) is 17.4 Å². The van der Waals surface area contributed by atoms with Crippen LogP contribution in [0.4, 0.5) is 13.2 Å². The molecule has 0 amide bonds. The number of benzene rings is 1. The summed E-state index contributed by atoms with van der Waals surface area (Å²) >= 11 is 0. The van der Waals surface area contributed by atoms with Gasteiger partial charge in [-0.05, 0) is 25.1 Å². The maximum atomic E-state index is 12.6. The smallest absolute Gasteiger partial charge is 0.310 e. The highest BCUT2D eigenvalue weighted by atomic mass is 19.4. The molecule has 0 spiro atoms. The van der Waals surface area contributed by atoms with Gasteiger partial charge in [0.25, 0.3) is 0 Å². The lowest BCUT2D eigenvalue weighted by atomic mass is 10.1. The Morgan fingerprint density at radius 1 is 1.30 bits per heavy atom. The Morgan fingerprint density at radius 2 is 2.00 bits per heavy atom. The minimum Gasteiger partial charge on any atom is -0.310 e. The second-order valence-electron chi connectivity index (χ2n) is 4.51. The molecule has 1 aromatic heterocycles. The summed E-state index contributed by atoms with van der Waals surface area (Å²) < 4.78 is 39.2. The van der Waals surface area contributed by atoms with Crippen LogP contribution in [0.5, 0.6) is 0 Å². The molecule has 0 saturated heterocycles. The molecule has 0 fully saturated rings. The molecular formula is C14H16F3N3. The first-order chi connectivity index (χ1) is 9.43. The Kier molecular flexibility index (Phi) is 4.13. The Hall–Kier alpha value is -1.82. The third-order valence-electron chi connectivity index (χ3n) is 3.07. The molecule has 1 N–H and O–H groups in total. The fourth-order valence-corrected chi connectivity index (χ4v) is 2.08. The van der Waals surface area contributed by atoms with Crippen molar-refractivity contribution < 1.29 is 13.2 Å². The number of rotatable bonds is 4. The van der Waals surface area contributed by atoms with Crippen LogP contribution in [-0.2, 0) is 6.18 Å². The predicted molar refractivity (Wildman–Crippen MR) is 70.7 cm³/mol. The zero-order chi connectivity index (χ0) is 14.8. The van der Waals surface area contributed by atoms with Crippen molar-refractivity contribution in [3.05, 3.63) is 47.8 Å². The van der Waals surface area contributed by atoms with Crippen LogP contribution < -0.4 is 5.32 Å². The van der Waals surface area contributed by atoms with Crippen molar-refractivity contribution in [2.45, 2.75) is 26.1 Å². The van der Waals surface area contributed by atoms with E-state index in [1.54, 1.807) is 12.1 Å². The van der Waals surface area contributed by atoms with E-state index >= 15 is 0 Å². The number of alkyl halides is 3. The first-order valence-corrected chi connectivity index (χ1v) is 6.38. The van der Waals surface area contributed by atoms with Crippen LogP contribution in [0.25, 0.3) is 5.69 Å². The van der Waals surface area contributed by atoms with E-state index in [1.165, 1.54) is 4.68 Å². The van der Waals surface area contributed by atoms with E-state index in [4.69, 9.17) is 0 Å². The van der Waals surface area contributed by atoms with Crippen molar-refractivity contribution in [1.29, 1.82) is 0 Å². The van der Waals surface area contributed by atoms with Crippen molar-refractivity contribution in [3.8, 4) is 5.69 Å². The maximum absolute atomic E-state index is 12.6. The molecule has 0 bridgehead atoms. The standard InChI is InChI=1S/C14H16F3N3/c1-3-18-10(2)12-6-4-5-7-13(12)20-9-11(8-19-20)14(15,16)17/h4-10,18H,3H2,1-2H3. The first kappa shape index (κ1) is 14.6. The van der Waals surface area contributed by atoms with Gasteiger partial charge < -0.3 is 5.32 Å². The molecule has 0 saturated carbocycles. The van der Waals surface area contributed by atoms with E-state index < -0.39 is 11.7 Å². The fourth-order valence-electron chi connectivity index (χ4n) is 2.08. The molecule has 0 radical (unpaired) electrons. The second-order valence-corrected chi connectivity index (χ2v) is 4.51. The first-order valence-electron chi connectivity index (χ1n) is 6.38. The molecular weight excluding hydrogens is 267 g/mol. The molecule has 20 heavy (non-hydrogen) atoms. The second kappa shape index (κ2) is 5.66. The minimum absolute atomic E-state index is 0.0368. The van der Waals surface area contributed by atoms with Crippen LogP contribution in [0.2, 0.25) is 0 Å². The van der Waals surface area contributed by atoms with Crippen molar-refractivity contribution in [2.75, 3.05) is 6.54 Å². The number of aromatic nitrogens is 2. The summed E-state index contributed by atoms with van der Waals surface area (Å²) in [5.41, 5.74) is 0.811. The molecule has 1 unspecified atom stereocenters. The lowest BCUT2D eigenvalue weighted by Crippen LogP contribution is -2.19. The molecule has 0 aliphatic heterocycles. The normalized spacial score (nSPS) is 13.4. The maximum Gasteiger partial charge on any atom is 0.419 e. The number of para-hydroxylation sites is 1. The summed E-state index contributed by atoms with van der Waals surface area (Å²) in [5, 5.41) is 7.07. The highest BCUT2D eigenvalue weighted by molar-refractivity contribution is 5.42. The van der Waals surface area contributed by atoms with Gasteiger partial charge in [-0.15, -0.1) is 0 Å². The lowest BCUT2D eigenvalue weighted by Gasteiger charge is -2.17. The molecule has 0 aliphatic carbocycles. The van der Waals surface area contributed by atoms with E-state index in [9.17, 15) is 13.2 Å². The van der Waals surface area contributed by atoms with Crippen LogP contribution >= 0.6 is 0 Å².